The van der Waals surface area contributed by atoms with Gasteiger partial charge in [-0.3, -0.25) is 0 Å². The Morgan fingerprint density at radius 2 is 0.955 bits per heavy atom. The molecule has 0 saturated heterocycles. The van der Waals surface area contributed by atoms with Gasteiger partial charge in [-0.15, -0.1) is 12.6 Å². The third kappa shape index (κ3) is 2.86. The van der Waals surface area contributed by atoms with Gasteiger partial charge < -0.3 is 0 Å². The molecule has 0 unspecified atom stereocenters. The van der Waals surface area contributed by atoms with E-state index in [2.05, 4.69) is 12.1 Å². The Morgan fingerprint density at radius 1 is 0.591 bits per heavy atom. The zero-order valence-electron chi connectivity index (χ0n) is 13.8. The number of benzene rings is 1. The van der Waals surface area contributed by atoms with Crippen LogP contribution in [0.3, 0.4) is 0 Å². The molecule has 0 aromatic heterocycles. The normalized spacial score (nSPS) is 24.6. The maximum absolute atomic E-state index is 5.05. The van der Waals surface area contributed by atoms with E-state index in [1.54, 1.807) is 16.7 Å². The quantitative estimate of drug-likeness (QED) is 0.573. The molecular weight excluding hydrogens is 284 g/mol. The largest absolute Gasteiger partial charge is 0.143 e. The monoisotopic (exact) mass is 314 g/mol. The average Bonchev–Trinajstić information content (AvgIpc) is 3.29. The minimum atomic E-state index is 0.800. The first-order valence-corrected chi connectivity index (χ1v) is 10.1. The second-order valence-electron chi connectivity index (χ2n) is 7.99. The first kappa shape index (κ1) is 15.1. The fraction of sp³-hybridized carbons (Fsp3) is 0.714. The summed E-state index contributed by atoms with van der Waals surface area (Å²) in [5.41, 5.74) is 4.90. The minimum absolute atomic E-state index is 0.800. The van der Waals surface area contributed by atoms with E-state index in [0.29, 0.717) is 0 Å². The second-order valence-corrected chi connectivity index (χ2v) is 8.44. The van der Waals surface area contributed by atoms with E-state index < -0.39 is 0 Å². The Balaban J connectivity index is 1.74. The first-order valence-electron chi connectivity index (χ1n) is 9.69. The number of hydrogen-bond acceptors (Lipinski definition) is 1. The van der Waals surface area contributed by atoms with Gasteiger partial charge in [0.15, 0.2) is 0 Å². The van der Waals surface area contributed by atoms with Crippen LogP contribution in [0.25, 0.3) is 0 Å². The molecule has 0 nitrogen and oxygen atoms in total. The Morgan fingerprint density at radius 3 is 1.36 bits per heavy atom. The molecule has 0 aliphatic heterocycles. The minimum Gasteiger partial charge on any atom is -0.143 e. The molecular formula is C21H30S. The van der Waals surface area contributed by atoms with Gasteiger partial charge in [-0.1, -0.05) is 50.7 Å². The van der Waals surface area contributed by atoms with Gasteiger partial charge in [-0.25, -0.2) is 0 Å². The van der Waals surface area contributed by atoms with Gasteiger partial charge in [-0.2, -0.15) is 0 Å². The number of rotatable bonds is 3. The van der Waals surface area contributed by atoms with E-state index in [-0.39, 0.29) is 0 Å². The van der Waals surface area contributed by atoms with Crippen LogP contribution in [-0.2, 0) is 0 Å². The predicted octanol–water partition coefficient (Wildman–Crippen LogP) is 6.95. The summed E-state index contributed by atoms with van der Waals surface area (Å²) in [4.78, 5) is 1.38. The van der Waals surface area contributed by atoms with Crippen molar-refractivity contribution in [2.75, 3.05) is 0 Å². The molecule has 0 bridgehead atoms. The molecule has 22 heavy (non-hydrogen) atoms. The van der Waals surface area contributed by atoms with Crippen molar-refractivity contribution in [1.29, 1.82) is 0 Å². The van der Waals surface area contributed by atoms with Crippen LogP contribution in [-0.4, -0.2) is 0 Å². The standard InChI is InChI=1S/C21H30S/c22-21-19(16-9-3-4-10-16)13-18(15-7-1-2-8-15)14-20(21)17-11-5-6-12-17/h13-17,22H,1-12H2. The van der Waals surface area contributed by atoms with E-state index in [1.807, 2.05) is 0 Å². The smallest absolute Gasteiger partial charge is 0.0110 e. The predicted molar refractivity (Wildman–Crippen MR) is 97.3 cm³/mol. The van der Waals surface area contributed by atoms with Crippen LogP contribution in [0.1, 0.15) is 111 Å². The van der Waals surface area contributed by atoms with Crippen LogP contribution in [0, 0.1) is 0 Å². The lowest BCUT2D eigenvalue weighted by atomic mass is 9.85. The van der Waals surface area contributed by atoms with Gasteiger partial charge in [0, 0.05) is 4.90 Å². The van der Waals surface area contributed by atoms with Gasteiger partial charge in [0.25, 0.3) is 0 Å². The lowest BCUT2D eigenvalue weighted by Crippen LogP contribution is -2.05. The third-order valence-electron chi connectivity index (χ3n) is 6.61. The third-order valence-corrected chi connectivity index (χ3v) is 7.12. The van der Waals surface area contributed by atoms with Crippen molar-refractivity contribution in [3.05, 3.63) is 28.8 Å². The van der Waals surface area contributed by atoms with Crippen LogP contribution < -0.4 is 0 Å². The highest BCUT2D eigenvalue weighted by molar-refractivity contribution is 7.80. The summed E-state index contributed by atoms with van der Waals surface area (Å²) in [7, 11) is 0. The summed E-state index contributed by atoms with van der Waals surface area (Å²) in [6.45, 7) is 0. The van der Waals surface area contributed by atoms with E-state index in [1.165, 1.54) is 81.9 Å². The maximum Gasteiger partial charge on any atom is 0.0110 e. The van der Waals surface area contributed by atoms with Crippen molar-refractivity contribution < 1.29 is 0 Å². The van der Waals surface area contributed by atoms with Crippen molar-refractivity contribution in [2.24, 2.45) is 0 Å². The van der Waals surface area contributed by atoms with Gasteiger partial charge >= 0.3 is 0 Å². The van der Waals surface area contributed by atoms with Crippen LogP contribution in [0.15, 0.2) is 17.0 Å². The van der Waals surface area contributed by atoms with Gasteiger partial charge in [0.05, 0.1) is 0 Å². The summed E-state index contributed by atoms with van der Waals surface area (Å²) < 4.78 is 0. The summed E-state index contributed by atoms with van der Waals surface area (Å²) in [5, 5.41) is 0. The highest BCUT2D eigenvalue weighted by atomic mass is 32.1. The van der Waals surface area contributed by atoms with Gasteiger partial charge in [0.2, 0.25) is 0 Å². The molecule has 0 heterocycles. The van der Waals surface area contributed by atoms with Crippen molar-refractivity contribution in [2.45, 2.75) is 99.7 Å². The number of thiol groups is 1. The lowest BCUT2D eigenvalue weighted by molar-refractivity contribution is 0.658. The van der Waals surface area contributed by atoms with Gasteiger partial charge in [0.1, 0.15) is 0 Å². The molecule has 3 saturated carbocycles. The number of hydrogen-bond donors (Lipinski definition) is 1. The fourth-order valence-corrected chi connectivity index (χ4v) is 5.79. The second kappa shape index (κ2) is 6.59. The molecule has 1 aromatic carbocycles. The molecule has 3 fully saturated rings. The molecule has 0 spiro atoms. The Hall–Kier alpha value is -0.430. The molecule has 0 atom stereocenters. The maximum atomic E-state index is 5.05. The molecule has 4 rings (SSSR count). The van der Waals surface area contributed by atoms with E-state index >= 15 is 0 Å². The molecule has 3 aliphatic rings. The highest BCUT2D eigenvalue weighted by Gasteiger charge is 2.27. The summed E-state index contributed by atoms with van der Waals surface area (Å²) in [6, 6.07) is 5.15. The van der Waals surface area contributed by atoms with E-state index in [4.69, 9.17) is 12.6 Å². The van der Waals surface area contributed by atoms with Crippen LogP contribution in [0.2, 0.25) is 0 Å². The molecule has 0 amide bonds. The Labute approximate surface area is 141 Å². The SMILES string of the molecule is Sc1c(C2CCCC2)cc(C2CCCC2)cc1C1CCCC1. The van der Waals surface area contributed by atoms with Crippen molar-refractivity contribution in [1.82, 2.24) is 0 Å². The van der Waals surface area contributed by atoms with Crippen LogP contribution in [0.4, 0.5) is 0 Å². The zero-order valence-corrected chi connectivity index (χ0v) is 14.7. The van der Waals surface area contributed by atoms with Crippen LogP contribution >= 0.6 is 12.6 Å². The average molecular weight is 315 g/mol. The molecule has 0 radical (unpaired) electrons. The van der Waals surface area contributed by atoms with E-state index in [0.717, 1.165) is 17.8 Å². The van der Waals surface area contributed by atoms with Crippen molar-refractivity contribution >= 4 is 12.6 Å². The first-order chi connectivity index (χ1) is 10.8. The Bertz CT molecular complexity index is 478. The van der Waals surface area contributed by atoms with E-state index in [9.17, 15) is 0 Å². The fourth-order valence-electron chi connectivity index (χ4n) is 5.30. The van der Waals surface area contributed by atoms with Crippen molar-refractivity contribution in [3.63, 3.8) is 0 Å². The van der Waals surface area contributed by atoms with Crippen molar-refractivity contribution in [3.8, 4) is 0 Å². The molecule has 120 valence electrons. The summed E-state index contributed by atoms with van der Waals surface area (Å²) in [5.74, 6) is 2.44. The Kier molecular flexibility index (Phi) is 4.53. The highest BCUT2D eigenvalue weighted by Crippen LogP contribution is 2.46. The molecule has 0 N–H and O–H groups in total. The van der Waals surface area contributed by atoms with Crippen LogP contribution in [0.5, 0.6) is 0 Å². The topological polar surface area (TPSA) is 0 Å². The zero-order chi connectivity index (χ0) is 14.9. The molecule has 1 aromatic rings. The van der Waals surface area contributed by atoms with Gasteiger partial charge in [-0.05, 0) is 73.0 Å². The molecule has 3 aliphatic carbocycles. The summed E-state index contributed by atoms with van der Waals surface area (Å²) in [6.07, 6.45) is 17.0. The molecule has 1 heteroatoms. The summed E-state index contributed by atoms with van der Waals surface area (Å²) >= 11 is 5.05. The lowest BCUT2D eigenvalue weighted by Gasteiger charge is -2.23.